The quantitative estimate of drug-likeness (QED) is 0.333. The maximum absolute atomic E-state index is 10.5. The van der Waals surface area contributed by atoms with Crippen LogP contribution in [-0.4, -0.2) is 44.3 Å². The van der Waals surface area contributed by atoms with E-state index in [0.717, 1.165) is 12.8 Å². The lowest BCUT2D eigenvalue weighted by Gasteiger charge is -2.08. The number of hydrogen-bond acceptors (Lipinski definition) is 3. The van der Waals surface area contributed by atoms with Gasteiger partial charge in [-0.3, -0.25) is 4.55 Å². The minimum absolute atomic E-state index is 0.0818. The first-order valence-corrected chi connectivity index (χ1v) is 10.6. The summed E-state index contributed by atoms with van der Waals surface area (Å²) in [6.07, 6.45) is 15.8. The van der Waals surface area contributed by atoms with Crippen LogP contribution in [0.1, 0.15) is 83.5 Å². The SMILES string of the molecule is CN(C)CCCCCCCCCCCCCCCS(=O)(=O)O. The van der Waals surface area contributed by atoms with Crippen LogP contribution in [0.2, 0.25) is 0 Å². The highest BCUT2D eigenvalue weighted by atomic mass is 32.2. The third-order valence-corrected chi connectivity index (χ3v) is 4.81. The van der Waals surface area contributed by atoms with Gasteiger partial charge in [0, 0.05) is 0 Å². The van der Waals surface area contributed by atoms with Crippen molar-refractivity contribution in [3.05, 3.63) is 0 Å². The van der Waals surface area contributed by atoms with Gasteiger partial charge in [0.05, 0.1) is 5.75 Å². The Morgan fingerprint density at radius 3 is 1.27 bits per heavy atom. The molecule has 0 radical (unpaired) electrons. The lowest BCUT2D eigenvalue weighted by Crippen LogP contribution is -2.12. The van der Waals surface area contributed by atoms with E-state index in [2.05, 4.69) is 19.0 Å². The molecule has 0 atom stereocenters. The summed E-state index contributed by atoms with van der Waals surface area (Å²) in [6, 6.07) is 0. The van der Waals surface area contributed by atoms with Gasteiger partial charge < -0.3 is 4.90 Å². The Balaban J connectivity index is 3.06. The van der Waals surface area contributed by atoms with E-state index in [1.807, 2.05) is 0 Å². The first-order valence-electron chi connectivity index (χ1n) is 9.02. The van der Waals surface area contributed by atoms with Gasteiger partial charge in [-0.2, -0.15) is 8.42 Å². The monoisotopic (exact) mass is 335 g/mol. The molecule has 5 heteroatoms. The van der Waals surface area contributed by atoms with Crippen LogP contribution in [0, 0.1) is 0 Å². The van der Waals surface area contributed by atoms with Gasteiger partial charge in [-0.1, -0.05) is 70.6 Å². The molecule has 0 rings (SSSR count). The third kappa shape index (κ3) is 19.9. The van der Waals surface area contributed by atoms with Gasteiger partial charge in [-0.05, 0) is 33.5 Å². The maximum atomic E-state index is 10.5. The predicted molar refractivity (Wildman–Crippen MR) is 95.0 cm³/mol. The zero-order chi connectivity index (χ0) is 16.7. The van der Waals surface area contributed by atoms with E-state index in [0.29, 0.717) is 6.42 Å². The highest BCUT2D eigenvalue weighted by Gasteiger charge is 2.02. The van der Waals surface area contributed by atoms with Crippen molar-refractivity contribution >= 4 is 10.1 Å². The molecule has 0 spiro atoms. The first kappa shape index (κ1) is 21.9. The summed E-state index contributed by atoms with van der Waals surface area (Å²) in [5.41, 5.74) is 0. The molecular weight excluding hydrogens is 298 g/mol. The molecule has 134 valence electrons. The number of unbranched alkanes of at least 4 members (excludes halogenated alkanes) is 12. The molecule has 0 aromatic heterocycles. The largest absolute Gasteiger partial charge is 0.309 e. The molecular formula is C17H37NO3S. The molecule has 0 heterocycles. The van der Waals surface area contributed by atoms with Crippen molar-refractivity contribution in [2.75, 3.05) is 26.4 Å². The van der Waals surface area contributed by atoms with Gasteiger partial charge in [0.2, 0.25) is 0 Å². The summed E-state index contributed by atoms with van der Waals surface area (Å²) in [5, 5.41) is 0. The van der Waals surface area contributed by atoms with E-state index in [1.165, 1.54) is 70.8 Å². The Morgan fingerprint density at radius 2 is 0.955 bits per heavy atom. The average molecular weight is 336 g/mol. The van der Waals surface area contributed by atoms with Crippen molar-refractivity contribution in [3.8, 4) is 0 Å². The van der Waals surface area contributed by atoms with E-state index in [-0.39, 0.29) is 5.75 Å². The van der Waals surface area contributed by atoms with Crippen LogP contribution in [-0.2, 0) is 10.1 Å². The van der Waals surface area contributed by atoms with Crippen LogP contribution >= 0.6 is 0 Å². The predicted octanol–water partition coefficient (Wildman–Crippen LogP) is 4.51. The second kappa shape index (κ2) is 14.5. The summed E-state index contributed by atoms with van der Waals surface area (Å²) in [6.45, 7) is 1.21. The lowest BCUT2D eigenvalue weighted by atomic mass is 10.0. The Hall–Kier alpha value is -0.130. The molecule has 0 aromatic rings. The molecule has 0 aliphatic carbocycles. The molecule has 0 unspecified atom stereocenters. The molecule has 0 aliphatic heterocycles. The summed E-state index contributed by atoms with van der Waals surface area (Å²) in [4.78, 5) is 2.25. The van der Waals surface area contributed by atoms with E-state index in [9.17, 15) is 8.42 Å². The first-order chi connectivity index (χ1) is 10.4. The zero-order valence-electron chi connectivity index (χ0n) is 14.7. The number of hydrogen-bond donors (Lipinski definition) is 1. The van der Waals surface area contributed by atoms with Gasteiger partial charge in [0.1, 0.15) is 0 Å². The number of nitrogens with zero attached hydrogens (tertiary/aromatic N) is 1. The summed E-state index contributed by atoms with van der Waals surface area (Å²) in [5.74, 6) is -0.0818. The normalized spacial score (nSPS) is 12.2. The van der Waals surface area contributed by atoms with Crippen molar-refractivity contribution in [1.29, 1.82) is 0 Å². The van der Waals surface area contributed by atoms with Gasteiger partial charge in [0.15, 0.2) is 0 Å². The van der Waals surface area contributed by atoms with Crippen LogP contribution in [0.5, 0.6) is 0 Å². The minimum Gasteiger partial charge on any atom is -0.309 e. The maximum Gasteiger partial charge on any atom is 0.264 e. The van der Waals surface area contributed by atoms with Gasteiger partial charge in [-0.25, -0.2) is 0 Å². The zero-order valence-corrected chi connectivity index (χ0v) is 15.5. The van der Waals surface area contributed by atoms with E-state index >= 15 is 0 Å². The Labute approximate surface area is 138 Å². The lowest BCUT2D eigenvalue weighted by molar-refractivity contribution is 0.389. The fourth-order valence-corrected chi connectivity index (χ4v) is 3.23. The van der Waals surface area contributed by atoms with Crippen LogP contribution in [0.15, 0.2) is 0 Å². The van der Waals surface area contributed by atoms with Gasteiger partial charge in [-0.15, -0.1) is 0 Å². The van der Waals surface area contributed by atoms with Crippen molar-refractivity contribution in [1.82, 2.24) is 4.90 Å². The molecule has 1 N–H and O–H groups in total. The van der Waals surface area contributed by atoms with Crippen molar-refractivity contribution in [2.24, 2.45) is 0 Å². The van der Waals surface area contributed by atoms with Crippen molar-refractivity contribution in [2.45, 2.75) is 83.5 Å². The second-order valence-corrected chi connectivity index (χ2v) is 8.26. The van der Waals surface area contributed by atoms with Crippen LogP contribution in [0.25, 0.3) is 0 Å². The van der Waals surface area contributed by atoms with E-state index < -0.39 is 10.1 Å². The fourth-order valence-electron chi connectivity index (χ4n) is 2.66. The summed E-state index contributed by atoms with van der Waals surface area (Å²) in [7, 11) is 0.520. The smallest absolute Gasteiger partial charge is 0.264 e. The molecule has 0 aliphatic rings. The molecule has 0 amide bonds. The molecule has 22 heavy (non-hydrogen) atoms. The Kier molecular flexibility index (Phi) is 14.4. The highest BCUT2D eigenvalue weighted by Crippen LogP contribution is 2.12. The summed E-state index contributed by atoms with van der Waals surface area (Å²) >= 11 is 0. The second-order valence-electron chi connectivity index (χ2n) is 6.69. The van der Waals surface area contributed by atoms with Crippen molar-refractivity contribution < 1.29 is 13.0 Å². The van der Waals surface area contributed by atoms with Crippen LogP contribution in [0.3, 0.4) is 0 Å². The minimum atomic E-state index is -3.75. The molecule has 0 saturated carbocycles. The third-order valence-electron chi connectivity index (χ3n) is 4.01. The Morgan fingerprint density at radius 1 is 0.636 bits per heavy atom. The highest BCUT2D eigenvalue weighted by molar-refractivity contribution is 7.85. The molecule has 0 saturated heterocycles. The molecule has 0 bridgehead atoms. The van der Waals surface area contributed by atoms with Crippen molar-refractivity contribution in [3.63, 3.8) is 0 Å². The standard InChI is InChI=1S/C17H37NO3S/c1-18(2)16-14-12-10-8-6-4-3-5-7-9-11-13-15-17-22(19,20)21/h3-17H2,1-2H3,(H,19,20,21). The molecule has 0 fully saturated rings. The van der Waals surface area contributed by atoms with E-state index in [1.54, 1.807) is 0 Å². The van der Waals surface area contributed by atoms with Gasteiger partial charge >= 0.3 is 0 Å². The van der Waals surface area contributed by atoms with Crippen LogP contribution in [0.4, 0.5) is 0 Å². The number of rotatable bonds is 16. The Bertz CT molecular complexity index is 329. The van der Waals surface area contributed by atoms with E-state index in [4.69, 9.17) is 4.55 Å². The van der Waals surface area contributed by atoms with Crippen LogP contribution < -0.4 is 0 Å². The fraction of sp³-hybridized carbons (Fsp3) is 1.00. The molecule has 4 nitrogen and oxygen atoms in total. The summed E-state index contributed by atoms with van der Waals surface area (Å²) < 4.78 is 29.7. The topological polar surface area (TPSA) is 57.6 Å². The molecule has 0 aromatic carbocycles. The van der Waals surface area contributed by atoms with Gasteiger partial charge in [0.25, 0.3) is 10.1 Å². The average Bonchev–Trinajstić information content (AvgIpc) is 2.41.